The molecule has 0 amide bonds. The minimum Gasteiger partial charge on any atom is -0.388 e. The summed E-state index contributed by atoms with van der Waals surface area (Å²) >= 11 is 7.63. The smallest absolute Gasteiger partial charge is 0.164 e. The second-order valence-electron chi connectivity index (χ2n) is 4.68. The molecule has 108 valence electrons. The van der Waals surface area contributed by atoms with Crippen LogP contribution in [0.15, 0.2) is 17.4 Å². The molecular weight excluding hydrogens is 302 g/mol. The van der Waals surface area contributed by atoms with E-state index in [9.17, 15) is 10.2 Å². The molecule has 0 aliphatic carbocycles. The number of nitrogens with zero attached hydrogens (tertiary/aromatic N) is 3. The van der Waals surface area contributed by atoms with Crippen molar-refractivity contribution in [2.24, 2.45) is 0 Å². The fourth-order valence-corrected chi connectivity index (χ4v) is 3.32. The highest BCUT2D eigenvalue weighted by Crippen LogP contribution is 2.37. The number of hydrogen-bond donors (Lipinski definition) is 2. The van der Waals surface area contributed by atoms with Crippen molar-refractivity contribution in [3.63, 3.8) is 0 Å². The Labute approximate surface area is 124 Å². The van der Waals surface area contributed by atoms with Gasteiger partial charge in [0, 0.05) is 11.1 Å². The van der Waals surface area contributed by atoms with Crippen molar-refractivity contribution >= 4 is 34.4 Å². The van der Waals surface area contributed by atoms with Crippen LogP contribution in [0.2, 0.25) is 5.15 Å². The molecule has 0 unspecified atom stereocenters. The summed E-state index contributed by atoms with van der Waals surface area (Å²) in [6.45, 7) is 1.72. The van der Waals surface area contributed by atoms with Gasteiger partial charge in [-0.3, -0.25) is 0 Å². The predicted molar refractivity (Wildman–Crippen MR) is 75.9 cm³/mol. The molecule has 0 spiro atoms. The summed E-state index contributed by atoms with van der Waals surface area (Å²) in [6.07, 6.45) is 2.04. The van der Waals surface area contributed by atoms with Gasteiger partial charge in [0.1, 0.15) is 29.3 Å². The van der Waals surface area contributed by atoms with Gasteiger partial charge in [0.05, 0.1) is 11.5 Å². The van der Waals surface area contributed by atoms with Gasteiger partial charge in [0.2, 0.25) is 0 Å². The molecule has 0 aromatic carbocycles. The van der Waals surface area contributed by atoms with Crippen LogP contribution in [0.25, 0.3) is 11.0 Å². The zero-order valence-electron chi connectivity index (χ0n) is 10.9. The monoisotopic (exact) mass is 315 g/mol. The van der Waals surface area contributed by atoms with E-state index in [4.69, 9.17) is 16.3 Å². The normalized spacial score (nSPS) is 30.2. The van der Waals surface area contributed by atoms with E-state index in [1.54, 1.807) is 11.5 Å². The Morgan fingerprint density at radius 1 is 1.35 bits per heavy atom. The van der Waals surface area contributed by atoms with Gasteiger partial charge < -0.3 is 19.5 Å². The van der Waals surface area contributed by atoms with Crippen LogP contribution in [0.5, 0.6) is 0 Å². The molecule has 2 aromatic rings. The molecule has 0 radical (unpaired) electrons. The summed E-state index contributed by atoms with van der Waals surface area (Å²) in [5, 5.41) is 21.0. The lowest BCUT2D eigenvalue weighted by molar-refractivity contribution is -0.0298. The van der Waals surface area contributed by atoms with E-state index in [1.165, 1.54) is 18.1 Å². The average Bonchev–Trinajstić information content (AvgIpc) is 2.93. The number of aromatic nitrogens is 3. The second kappa shape index (κ2) is 5.16. The van der Waals surface area contributed by atoms with E-state index in [-0.39, 0.29) is 0 Å². The van der Waals surface area contributed by atoms with E-state index < -0.39 is 24.5 Å². The van der Waals surface area contributed by atoms with E-state index in [0.29, 0.717) is 10.8 Å². The summed E-state index contributed by atoms with van der Waals surface area (Å²) < 4.78 is 7.33. The Morgan fingerprint density at radius 2 is 2.10 bits per heavy atom. The Morgan fingerprint density at radius 3 is 2.70 bits per heavy atom. The first-order valence-corrected chi connectivity index (χ1v) is 7.71. The van der Waals surface area contributed by atoms with Gasteiger partial charge in [-0.2, -0.15) is 0 Å². The van der Waals surface area contributed by atoms with Crippen LogP contribution in [0.1, 0.15) is 13.2 Å². The van der Waals surface area contributed by atoms with Crippen molar-refractivity contribution in [3.05, 3.63) is 17.7 Å². The molecular formula is C12H14ClN3O3S. The van der Waals surface area contributed by atoms with Crippen LogP contribution in [0.3, 0.4) is 0 Å². The molecule has 0 bridgehead atoms. The van der Waals surface area contributed by atoms with Crippen LogP contribution in [0, 0.1) is 0 Å². The van der Waals surface area contributed by atoms with Gasteiger partial charge in [-0.25, -0.2) is 9.97 Å². The molecule has 6 nitrogen and oxygen atoms in total. The highest BCUT2D eigenvalue weighted by atomic mass is 35.5. The molecule has 2 aromatic heterocycles. The molecule has 1 saturated heterocycles. The van der Waals surface area contributed by atoms with Crippen molar-refractivity contribution in [3.8, 4) is 0 Å². The molecule has 0 saturated carbocycles. The first kappa shape index (κ1) is 14.1. The quantitative estimate of drug-likeness (QED) is 0.645. The molecule has 2 N–H and O–H groups in total. The van der Waals surface area contributed by atoms with E-state index in [2.05, 4.69) is 9.97 Å². The number of halogens is 1. The standard InChI is InChI=1S/C12H14ClN3O3S/c1-5-8(17)9(18)12(19-5)16-3-6(20-2)7-10(13)14-4-15-11(7)16/h3-5,8-9,12,17-18H,1-2H3/t5-,8-,9-,12-/m1/s1. The minimum absolute atomic E-state index is 0.360. The minimum atomic E-state index is -1.01. The lowest BCUT2D eigenvalue weighted by atomic mass is 10.1. The Hall–Kier alpha value is -0.860. The number of hydrogen-bond acceptors (Lipinski definition) is 6. The van der Waals surface area contributed by atoms with Crippen molar-refractivity contribution in [2.75, 3.05) is 6.26 Å². The van der Waals surface area contributed by atoms with Gasteiger partial charge in [0.15, 0.2) is 6.23 Å². The molecule has 20 heavy (non-hydrogen) atoms. The van der Waals surface area contributed by atoms with Crippen LogP contribution >= 0.6 is 23.4 Å². The van der Waals surface area contributed by atoms with Crippen LogP contribution in [0.4, 0.5) is 0 Å². The van der Waals surface area contributed by atoms with Crippen LogP contribution < -0.4 is 0 Å². The molecule has 4 atom stereocenters. The fourth-order valence-electron chi connectivity index (χ4n) is 2.42. The summed E-state index contributed by atoms with van der Waals surface area (Å²) in [6, 6.07) is 0. The average molecular weight is 316 g/mol. The fraction of sp³-hybridized carbons (Fsp3) is 0.500. The van der Waals surface area contributed by atoms with Gasteiger partial charge >= 0.3 is 0 Å². The van der Waals surface area contributed by atoms with E-state index >= 15 is 0 Å². The summed E-state index contributed by atoms with van der Waals surface area (Å²) in [5.41, 5.74) is 0.583. The summed E-state index contributed by atoms with van der Waals surface area (Å²) in [5.74, 6) is 0. The second-order valence-corrected chi connectivity index (χ2v) is 5.89. The van der Waals surface area contributed by atoms with Crippen molar-refractivity contribution < 1.29 is 14.9 Å². The number of thioether (sulfide) groups is 1. The maximum absolute atomic E-state index is 10.1. The van der Waals surface area contributed by atoms with Crippen molar-refractivity contribution in [2.45, 2.75) is 36.4 Å². The Balaban J connectivity index is 2.16. The van der Waals surface area contributed by atoms with Crippen molar-refractivity contribution in [1.29, 1.82) is 0 Å². The Kier molecular flexibility index (Phi) is 3.64. The number of aliphatic hydroxyl groups is 2. The number of ether oxygens (including phenoxy) is 1. The third kappa shape index (κ3) is 2.01. The summed E-state index contributed by atoms with van der Waals surface area (Å²) in [7, 11) is 0. The van der Waals surface area contributed by atoms with Crippen molar-refractivity contribution in [1.82, 2.24) is 14.5 Å². The number of rotatable bonds is 2. The van der Waals surface area contributed by atoms with E-state index in [1.807, 2.05) is 12.5 Å². The molecule has 3 heterocycles. The molecule has 1 fully saturated rings. The highest BCUT2D eigenvalue weighted by molar-refractivity contribution is 7.98. The Bertz CT molecular complexity index is 650. The summed E-state index contributed by atoms with van der Waals surface area (Å²) in [4.78, 5) is 9.10. The van der Waals surface area contributed by atoms with E-state index in [0.717, 1.165) is 10.3 Å². The zero-order chi connectivity index (χ0) is 14.4. The first-order chi connectivity index (χ1) is 9.54. The first-order valence-electron chi connectivity index (χ1n) is 6.11. The number of aliphatic hydroxyl groups excluding tert-OH is 2. The predicted octanol–water partition coefficient (Wildman–Crippen LogP) is 1.45. The maximum Gasteiger partial charge on any atom is 0.164 e. The largest absolute Gasteiger partial charge is 0.388 e. The van der Waals surface area contributed by atoms with Gasteiger partial charge in [0.25, 0.3) is 0 Å². The number of fused-ring (bicyclic) bond motifs is 1. The molecule has 1 aliphatic rings. The third-order valence-electron chi connectivity index (χ3n) is 3.50. The maximum atomic E-state index is 10.1. The van der Waals surface area contributed by atoms with Crippen LogP contribution in [-0.2, 0) is 4.74 Å². The van der Waals surface area contributed by atoms with Gasteiger partial charge in [-0.05, 0) is 13.2 Å². The SMILES string of the molecule is CSc1cn([C@@H]2O[C@H](C)[C@@H](O)[C@H]2O)c2ncnc(Cl)c12. The van der Waals surface area contributed by atoms with Gasteiger partial charge in [-0.15, -0.1) is 11.8 Å². The van der Waals surface area contributed by atoms with Crippen LogP contribution in [-0.4, -0.2) is 49.3 Å². The molecule has 3 rings (SSSR count). The third-order valence-corrected chi connectivity index (χ3v) is 4.54. The lowest BCUT2D eigenvalue weighted by Crippen LogP contribution is -2.30. The zero-order valence-corrected chi connectivity index (χ0v) is 12.5. The molecule has 8 heteroatoms. The van der Waals surface area contributed by atoms with Gasteiger partial charge in [-0.1, -0.05) is 11.6 Å². The molecule has 1 aliphatic heterocycles. The topological polar surface area (TPSA) is 80.4 Å². The highest BCUT2D eigenvalue weighted by Gasteiger charge is 2.42. The lowest BCUT2D eigenvalue weighted by Gasteiger charge is -2.17.